The molecule has 1 amide bonds. The Balaban J connectivity index is 1.49. The van der Waals surface area contributed by atoms with Crippen LogP contribution in [0.4, 0.5) is 0 Å². The van der Waals surface area contributed by atoms with Gasteiger partial charge in [-0.05, 0) is 41.5 Å². The summed E-state index contributed by atoms with van der Waals surface area (Å²) in [6, 6.07) is 28.1. The number of fused-ring (bicyclic) bond motifs is 2. The fourth-order valence-electron chi connectivity index (χ4n) is 4.21. The topological polar surface area (TPSA) is 42.4 Å². The first kappa shape index (κ1) is 18.4. The first-order chi connectivity index (χ1) is 14.7. The molecule has 4 heteroatoms. The van der Waals surface area contributed by atoms with Crippen molar-refractivity contribution in [2.75, 3.05) is 7.11 Å². The maximum Gasteiger partial charge on any atom is 0.255 e. The fourth-order valence-corrected chi connectivity index (χ4v) is 4.21. The van der Waals surface area contributed by atoms with Crippen molar-refractivity contribution in [2.45, 2.75) is 19.0 Å². The lowest BCUT2D eigenvalue weighted by molar-refractivity contribution is 0.0708. The summed E-state index contributed by atoms with van der Waals surface area (Å²) in [5.74, 6) is 0.909. The summed E-state index contributed by atoms with van der Waals surface area (Å²) in [5.41, 5.74) is 4.90. The zero-order valence-electron chi connectivity index (χ0n) is 16.8. The summed E-state index contributed by atoms with van der Waals surface area (Å²) in [4.78, 5) is 20.0. The third-order valence-electron chi connectivity index (χ3n) is 5.74. The summed E-state index contributed by atoms with van der Waals surface area (Å²) in [7, 11) is 1.67. The van der Waals surface area contributed by atoms with E-state index >= 15 is 0 Å². The number of amides is 1. The highest BCUT2D eigenvalue weighted by Gasteiger charge is 2.36. The normalized spacial score (nSPS) is 15.4. The second kappa shape index (κ2) is 7.64. The molecular formula is C26H22N2O2. The van der Waals surface area contributed by atoms with E-state index in [1.165, 1.54) is 0 Å². The van der Waals surface area contributed by atoms with E-state index in [9.17, 15) is 4.79 Å². The van der Waals surface area contributed by atoms with Crippen molar-refractivity contribution >= 4 is 16.8 Å². The quantitative estimate of drug-likeness (QED) is 0.468. The second-order valence-electron chi connectivity index (χ2n) is 7.59. The van der Waals surface area contributed by atoms with Crippen molar-refractivity contribution in [3.63, 3.8) is 0 Å². The second-order valence-corrected chi connectivity index (χ2v) is 7.59. The number of nitrogens with zero attached hydrogens (tertiary/aromatic N) is 2. The molecule has 4 nitrogen and oxygen atoms in total. The molecule has 30 heavy (non-hydrogen) atoms. The van der Waals surface area contributed by atoms with Crippen molar-refractivity contribution in [1.29, 1.82) is 0 Å². The van der Waals surface area contributed by atoms with Gasteiger partial charge >= 0.3 is 0 Å². The number of hydrogen-bond donors (Lipinski definition) is 0. The standard InChI is InChI=1S/C26H22N2O2/c1-30-21-13-14-24-19(15-21)11-12-20(27-24)16-25-22-9-5-6-10-23(22)26(29)28(25)17-18-7-3-2-4-8-18/h2-15,25H,16-17H2,1H3. The van der Waals surface area contributed by atoms with E-state index in [4.69, 9.17) is 9.72 Å². The minimum atomic E-state index is -0.0305. The summed E-state index contributed by atoms with van der Waals surface area (Å²) >= 11 is 0. The predicted molar refractivity (Wildman–Crippen MR) is 117 cm³/mol. The molecule has 0 fully saturated rings. The summed E-state index contributed by atoms with van der Waals surface area (Å²) in [6.07, 6.45) is 0.678. The van der Waals surface area contributed by atoms with E-state index in [0.717, 1.165) is 39.0 Å². The number of pyridine rings is 1. The van der Waals surface area contributed by atoms with Crippen LogP contribution >= 0.6 is 0 Å². The molecule has 0 saturated heterocycles. The molecule has 3 aromatic carbocycles. The predicted octanol–water partition coefficient (Wildman–Crippen LogP) is 5.18. The van der Waals surface area contributed by atoms with E-state index in [1.807, 2.05) is 65.6 Å². The highest BCUT2D eigenvalue weighted by molar-refractivity contribution is 5.99. The molecule has 1 atom stereocenters. The molecular weight excluding hydrogens is 372 g/mol. The number of carbonyl (C=O) groups is 1. The van der Waals surface area contributed by atoms with Gasteiger partial charge in [0.25, 0.3) is 5.91 Å². The van der Waals surface area contributed by atoms with Crippen LogP contribution in [0.3, 0.4) is 0 Å². The first-order valence-corrected chi connectivity index (χ1v) is 10.1. The molecule has 0 spiro atoms. The number of carbonyl (C=O) groups excluding carboxylic acids is 1. The summed E-state index contributed by atoms with van der Waals surface area (Å²) in [6.45, 7) is 0.587. The molecule has 0 bridgehead atoms. The average Bonchev–Trinajstić information content (AvgIpc) is 3.05. The molecule has 1 aliphatic heterocycles. The van der Waals surface area contributed by atoms with Crippen molar-refractivity contribution in [1.82, 2.24) is 9.88 Å². The van der Waals surface area contributed by atoms with Crippen LogP contribution in [0.1, 0.15) is 33.2 Å². The lowest BCUT2D eigenvalue weighted by Crippen LogP contribution is -2.29. The Morgan fingerprint density at radius 2 is 1.73 bits per heavy atom. The van der Waals surface area contributed by atoms with Gasteiger partial charge in [-0.2, -0.15) is 0 Å². The maximum absolute atomic E-state index is 13.2. The molecule has 148 valence electrons. The van der Waals surface area contributed by atoms with Gasteiger partial charge in [0.15, 0.2) is 0 Å². The molecule has 0 radical (unpaired) electrons. The molecule has 1 unspecified atom stereocenters. The Bertz CT molecular complexity index is 1220. The molecule has 0 saturated carbocycles. The van der Waals surface area contributed by atoms with Gasteiger partial charge in [-0.25, -0.2) is 0 Å². The molecule has 0 N–H and O–H groups in total. The van der Waals surface area contributed by atoms with Gasteiger partial charge in [-0.1, -0.05) is 54.6 Å². The van der Waals surface area contributed by atoms with Crippen LogP contribution in [-0.2, 0) is 13.0 Å². The molecule has 1 aromatic heterocycles. The van der Waals surface area contributed by atoms with Crippen LogP contribution in [0.5, 0.6) is 5.75 Å². The Kier molecular flexibility index (Phi) is 4.68. The number of aromatic nitrogens is 1. The van der Waals surface area contributed by atoms with E-state index in [1.54, 1.807) is 7.11 Å². The van der Waals surface area contributed by atoms with Gasteiger partial charge in [-0.3, -0.25) is 9.78 Å². The number of rotatable bonds is 5. The summed E-state index contributed by atoms with van der Waals surface area (Å²) in [5, 5.41) is 1.04. The molecule has 2 heterocycles. The van der Waals surface area contributed by atoms with Crippen LogP contribution in [0.15, 0.2) is 84.9 Å². The number of benzene rings is 3. The summed E-state index contributed by atoms with van der Waals surface area (Å²) < 4.78 is 5.31. The van der Waals surface area contributed by atoms with Crippen molar-refractivity contribution in [3.05, 3.63) is 107 Å². The largest absolute Gasteiger partial charge is 0.497 e. The molecule has 1 aliphatic rings. The van der Waals surface area contributed by atoms with Gasteiger partial charge in [0.2, 0.25) is 0 Å². The average molecular weight is 394 g/mol. The van der Waals surface area contributed by atoms with Gasteiger partial charge in [0.1, 0.15) is 5.75 Å². The Hall–Kier alpha value is -3.66. The highest BCUT2D eigenvalue weighted by atomic mass is 16.5. The number of ether oxygens (including phenoxy) is 1. The van der Waals surface area contributed by atoms with Crippen LogP contribution in [0, 0.1) is 0 Å². The lowest BCUT2D eigenvalue weighted by Gasteiger charge is -2.25. The zero-order chi connectivity index (χ0) is 20.5. The highest BCUT2D eigenvalue weighted by Crippen LogP contribution is 2.37. The van der Waals surface area contributed by atoms with Crippen molar-refractivity contribution in [3.8, 4) is 5.75 Å². The molecule has 4 aromatic rings. The minimum absolute atomic E-state index is 0.0305. The van der Waals surface area contributed by atoms with Crippen molar-refractivity contribution in [2.24, 2.45) is 0 Å². The van der Waals surface area contributed by atoms with E-state index in [2.05, 4.69) is 24.3 Å². The minimum Gasteiger partial charge on any atom is -0.497 e. The smallest absolute Gasteiger partial charge is 0.255 e. The van der Waals surface area contributed by atoms with Gasteiger partial charge in [0.05, 0.1) is 18.7 Å². The van der Waals surface area contributed by atoms with Crippen LogP contribution in [0.25, 0.3) is 10.9 Å². The Labute approximate surface area is 175 Å². The third kappa shape index (κ3) is 3.30. The van der Waals surface area contributed by atoms with E-state index in [-0.39, 0.29) is 11.9 Å². The maximum atomic E-state index is 13.2. The number of methoxy groups -OCH3 is 1. The van der Waals surface area contributed by atoms with Gasteiger partial charge < -0.3 is 9.64 Å². The van der Waals surface area contributed by atoms with Crippen molar-refractivity contribution < 1.29 is 9.53 Å². The fraction of sp³-hybridized carbons (Fsp3) is 0.154. The number of hydrogen-bond acceptors (Lipinski definition) is 3. The van der Waals surface area contributed by atoms with Gasteiger partial charge in [0, 0.05) is 29.6 Å². The molecule has 0 aliphatic carbocycles. The van der Waals surface area contributed by atoms with Crippen LogP contribution in [-0.4, -0.2) is 22.9 Å². The van der Waals surface area contributed by atoms with Gasteiger partial charge in [-0.15, -0.1) is 0 Å². The zero-order valence-corrected chi connectivity index (χ0v) is 16.8. The Morgan fingerprint density at radius 1 is 0.933 bits per heavy atom. The third-order valence-corrected chi connectivity index (χ3v) is 5.74. The monoisotopic (exact) mass is 394 g/mol. The lowest BCUT2D eigenvalue weighted by atomic mass is 10.00. The van der Waals surface area contributed by atoms with E-state index in [0.29, 0.717) is 13.0 Å². The molecule has 5 rings (SSSR count). The van der Waals surface area contributed by atoms with E-state index < -0.39 is 0 Å². The first-order valence-electron chi connectivity index (χ1n) is 10.1. The van der Waals surface area contributed by atoms with Crippen LogP contribution < -0.4 is 4.74 Å². The Morgan fingerprint density at radius 3 is 2.57 bits per heavy atom. The van der Waals surface area contributed by atoms with Crippen LogP contribution in [0.2, 0.25) is 0 Å². The SMILES string of the molecule is COc1ccc2nc(CC3c4ccccc4C(=O)N3Cc3ccccc3)ccc2c1.